The van der Waals surface area contributed by atoms with Gasteiger partial charge in [-0.3, -0.25) is 14.3 Å². The second kappa shape index (κ2) is 4.20. The SMILES string of the molecule is C#C[C@H]1O[C@@H](n2cc(C)c(=O)[nH]c2=O)C[C@H]1O. The summed E-state index contributed by atoms with van der Waals surface area (Å²) in [5.41, 5.74) is -0.611. The molecule has 0 aromatic carbocycles. The van der Waals surface area contributed by atoms with Crippen LogP contribution in [-0.4, -0.2) is 26.9 Å². The van der Waals surface area contributed by atoms with Gasteiger partial charge < -0.3 is 9.84 Å². The van der Waals surface area contributed by atoms with E-state index >= 15 is 0 Å². The Kier molecular flexibility index (Phi) is 2.88. The van der Waals surface area contributed by atoms with Crippen LogP contribution < -0.4 is 11.2 Å². The minimum absolute atomic E-state index is 0.222. The average molecular weight is 236 g/mol. The Morgan fingerprint density at radius 3 is 2.94 bits per heavy atom. The summed E-state index contributed by atoms with van der Waals surface area (Å²) in [5, 5.41) is 9.58. The first-order valence-electron chi connectivity index (χ1n) is 5.14. The second-order valence-electron chi connectivity index (χ2n) is 3.96. The van der Waals surface area contributed by atoms with E-state index in [0.29, 0.717) is 5.56 Å². The normalized spacial score (nSPS) is 27.9. The molecule has 1 aromatic rings. The number of terminal acetylenes is 1. The van der Waals surface area contributed by atoms with Gasteiger partial charge in [0, 0.05) is 18.2 Å². The number of aromatic nitrogens is 2. The van der Waals surface area contributed by atoms with Gasteiger partial charge in [-0.1, -0.05) is 5.92 Å². The van der Waals surface area contributed by atoms with Gasteiger partial charge in [0.05, 0.1) is 6.10 Å². The molecule has 1 aliphatic heterocycles. The fourth-order valence-corrected chi connectivity index (χ4v) is 1.78. The van der Waals surface area contributed by atoms with Gasteiger partial charge in [0.2, 0.25) is 0 Å². The van der Waals surface area contributed by atoms with E-state index in [0.717, 1.165) is 0 Å². The van der Waals surface area contributed by atoms with Crippen molar-refractivity contribution in [3.63, 3.8) is 0 Å². The number of nitrogens with zero attached hydrogens (tertiary/aromatic N) is 1. The van der Waals surface area contributed by atoms with Gasteiger partial charge in [-0.05, 0) is 6.92 Å². The molecule has 2 N–H and O–H groups in total. The third-order valence-corrected chi connectivity index (χ3v) is 2.72. The van der Waals surface area contributed by atoms with Gasteiger partial charge in [-0.2, -0.15) is 0 Å². The molecule has 2 heterocycles. The lowest BCUT2D eigenvalue weighted by molar-refractivity contribution is 0.00962. The molecule has 3 atom stereocenters. The van der Waals surface area contributed by atoms with E-state index in [1.807, 2.05) is 0 Å². The molecule has 1 aromatic heterocycles. The van der Waals surface area contributed by atoms with Crippen LogP contribution in [0, 0.1) is 19.3 Å². The van der Waals surface area contributed by atoms with Crippen molar-refractivity contribution in [1.82, 2.24) is 9.55 Å². The van der Waals surface area contributed by atoms with E-state index in [4.69, 9.17) is 11.2 Å². The largest absolute Gasteiger partial charge is 0.389 e. The number of rotatable bonds is 1. The molecule has 17 heavy (non-hydrogen) atoms. The maximum absolute atomic E-state index is 11.6. The van der Waals surface area contributed by atoms with Crippen LogP contribution in [-0.2, 0) is 4.74 Å². The molecule has 0 radical (unpaired) electrons. The van der Waals surface area contributed by atoms with E-state index in [1.54, 1.807) is 6.92 Å². The number of aliphatic hydroxyl groups is 1. The summed E-state index contributed by atoms with van der Waals surface area (Å²) in [6, 6.07) is 0. The van der Waals surface area contributed by atoms with Crippen LogP contribution >= 0.6 is 0 Å². The molecular weight excluding hydrogens is 224 g/mol. The van der Waals surface area contributed by atoms with E-state index in [2.05, 4.69) is 10.9 Å². The monoisotopic (exact) mass is 236 g/mol. The van der Waals surface area contributed by atoms with E-state index in [9.17, 15) is 14.7 Å². The Hall–Kier alpha value is -1.84. The predicted octanol–water partition coefficient (Wildman–Crippen LogP) is -0.873. The zero-order valence-corrected chi connectivity index (χ0v) is 9.21. The maximum Gasteiger partial charge on any atom is 0.330 e. The third-order valence-electron chi connectivity index (χ3n) is 2.72. The van der Waals surface area contributed by atoms with Gasteiger partial charge >= 0.3 is 5.69 Å². The topological polar surface area (TPSA) is 84.3 Å². The van der Waals surface area contributed by atoms with Crippen LogP contribution in [0.1, 0.15) is 18.2 Å². The van der Waals surface area contributed by atoms with Gasteiger partial charge in [0.15, 0.2) is 0 Å². The highest BCUT2D eigenvalue weighted by Gasteiger charge is 2.34. The summed E-state index contributed by atoms with van der Waals surface area (Å²) in [5.74, 6) is 2.30. The summed E-state index contributed by atoms with van der Waals surface area (Å²) in [6.07, 6.45) is 4.63. The number of ether oxygens (including phenoxy) is 1. The Balaban J connectivity index is 2.38. The molecule has 1 saturated heterocycles. The van der Waals surface area contributed by atoms with Gasteiger partial charge in [0.25, 0.3) is 5.56 Å². The first-order valence-corrected chi connectivity index (χ1v) is 5.14. The molecule has 0 amide bonds. The summed E-state index contributed by atoms with van der Waals surface area (Å²) in [4.78, 5) is 24.9. The lowest BCUT2D eigenvalue weighted by Gasteiger charge is -2.13. The molecule has 1 fully saturated rings. The fraction of sp³-hybridized carbons (Fsp3) is 0.455. The zero-order chi connectivity index (χ0) is 12.6. The minimum Gasteiger partial charge on any atom is -0.389 e. The van der Waals surface area contributed by atoms with Crippen molar-refractivity contribution in [3.8, 4) is 12.3 Å². The van der Waals surface area contributed by atoms with E-state index < -0.39 is 29.7 Å². The smallest absolute Gasteiger partial charge is 0.330 e. The van der Waals surface area contributed by atoms with Gasteiger partial charge in [-0.15, -0.1) is 6.42 Å². The van der Waals surface area contributed by atoms with Crippen LogP contribution in [0.15, 0.2) is 15.8 Å². The molecule has 6 heteroatoms. The highest BCUT2D eigenvalue weighted by molar-refractivity contribution is 5.05. The van der Waals surface area contributed by atoms with Crippen LogP contribution in [0.4, 0.5) is 0 Å². The highest BCUT2D eigenvalue weighted by atomic mass is 16.5. The van der Waals surface area contributed by atoms with Crippen molar-refractivity contribution in [2.24, 2.45) is 0 Å². The van der Waals surface area contributed by atoms with Crippen molar-refractivity contribution in [2.75, 3.05) is 0 Å². The summed E-state index contributed by atoms with van der Waals surface area (Å²) in [7, 11) is 0. The first-order chi connectivity index (χ1) is 8.02. The fourth-order valence-electron chi connectivity index (χ4n) is 1.78. The number of H-pyrrole nitrogens is 1. The summed E-state index contributed by atoms with van der Waals surface area (Å²) >= 11 is 0. The molecule has 0 aliphatic carbocycles. The Bertz CT molecular complexity index is 580. The molecular formula is C11H12N2O4. The molecule has 2 rings (SSSR count). The van der Waals surface area contributed by atoms with Crippen molar-refractivity contribution in [2.45, 2.75) is 31.8 Å². The number of aromatic amines is 1. The lowest BCUT2D eigenvalue weighted by atomic mass is 10.2. The van der Waals surface area contributed by atoms with Crippen molar-refractivity contribution in [3.05, 3.63) is 32.6 Å². The van der Waals surface area contributed by atoms with Crippen LogP contribution in [0.5, 0.6) is 0 Å². The van der Waals surface area contributed by atoms with Crippen LogP contribution in [0.3, 0.4) is 0 Å². The Morgan fingerprint density at radius 2 is 2.35 bits per heavy atom. The number of hydrogen-bond acceptors (Lipinski definition) is 4. The Labute approximate surface area is 96.9 Å². The van der Waals surface area contributed by atoms with Crippen LogP contribution in [0.25, 0.3) is 0 Å². The second-order valence-corrected chi connectivity index (χ2v) is 3.96. The number of aliphatic hydroxyl groups excluding tert-OH is 1. The zero-order valence-electron chi connectivity index (χ0n) is 9.21. The molecule has 1 aliphatic rings. The van der Waals surface area contributed by atoms with E-state index in [-0.39, 0.29) is 6.42 Å². The van der Waals surface area contributed by atoms with Gasteiger partial charge in [-0.25, -0.2) is 4.79 Å². The van der Waals surface area contributed by atoms with Gasteiger partial charge in [0.1, 0.15) is 12.3 Å². The summed E-state index contributed by atoms with van der Waals surface area (Å²) < 4.78 is 6.57. The molecule has 90 valence electrons. The highest BCUT2D eigenvalue weighted by Crippen LogP contribution is 2.26. The molecule has 0 saturated carbocycles. The predicted molar refractivity (Wildman–Crippen MR) is 59.4 cm³/mol. The van der Waals surface area contributed by atoms with Crippen molar-refractivity contribution < 1.29 is 9.84 Å². The number of hydrogen-bond donors (Lipinski definition) is 2. The molecule has 6 nitrogen and oxygen atoms in total. The minimum atomic E-state index is -0.802. The molecule has 0 bridgehead atoms. The molecule has 0 unspecified atom stereocenters. The van der Waals surface area contributed by atoms with Crippen LogP contribution in [0.2, 0.25) is 0 Å². The number of aryl methyl sites for hydroxylation is 1. The summed E-state index contributed by atoms with van der Waals surface area (Å²) in [6.45, 7) is 1.58. The standard InChI is InChI=1S/C11H12N2O4/c1-3-8-7(14)4-9(17-8)13-5-6(2)10(15)12-11(13)16/h1,5,7-9,14H,4H2,2H3,(H,12,15,16)/t7-,8-,9-/m1/s1. The van der Waals surface area contributed by atoms with Crippen molar-refractivity contribution >= 4 is 0 Å². The lowest BCUT2D eigenvalue weighted by Crippen LogP contribution is -2.33. The maximum atomic E-state index is 11.6. The van der Waals surface area contributed by atoms with Crippen molar-refractivity contribution in [1.29, 1.82) is 0 Å². The number of nitrogens with one attached hydrogen (secondary N) is 1. The average Bonchev–Trinajstić information content (AvgIpc) is 2.65. The van der Waals surface area contributed by atoms with E-state index in [1.165, 1.54) is 10.8 Å². The Morgan fingerprint density at radius 1 is 1.65 bits per heavy atom. The first kappa shape index (κ1) is 11.6. The third kappa shape index (κ3) is 2.02. The quantitative estimate of drug-likeness (QED) is 0.620. The molecule has 0 spiro atoms.